The molecule has 0 aliphatic heterocycles. The van der Waals surface area contributed by atoms with E-state index in [9.17, 15) is 8.42 Å². The largest absolute Gasteiger partial charge is 0.240 e. The molecule has 1 aromatic rings. The van der Waals surface area contributed by atoms with Crippen LogP contribution in [0.3, 0.4) is 0 Å². The van der Waals surface area contributed by atoms with Crippen LogP contribution in [-0.2, 0) is 10.0 Å². The summed E-state index contributed by atoms with van der Waals surface area (Å²) in [6, 6.07) is 6.33. The summed E-state index contributed by atoms with van der Waals surface area (Å²) in [7, 11) is -3.45. The molecule has 0 saturated carbocycles. The molecule has 0 spiro atoms. The average Bonchev–Trinajstić information content (AvgIpc) is 2.15. The van der Waals surface area contributed by atoms with Crippen molar-refractivity contribution in [3.63, 3.8) is 0 Å². The van der Waals surface area contributed by atoms with Crippen molar-refractivity contribution in [2.45, 2.75) is 36.6 Å². The molecule has 0 aliphatic rings. The zero-order chi connectivity index (χ0) is 13.1. The Balaban J connectivity index is 2.78. The SMILES string of the molecule is CC(Cl)CC(C)NS(=O)(=O)c1ccc(Br)cc1. The summed E-state index contributed by atoms with van der Waals surface area (Å²) in [6.45, 7) is 3.64. The molecule has 0 aromatic heterocycles. The van der Waals surface area contributed by atoms with Crippen molar-refractivity contribution in [1.29, 1.82) is 0 Å². The van der Waals surface area contributed by atoms with Gasteiger partial charge in [0.25, 0.3) is 0 Å². The summed E-state index contributed by atoms with van der Waals surface area (Å²) in [5, 5.41) is -0.0578. The van der Waals surface area contributed by atoms with Crippen molar-refractivity contribution < 1.29 is 8.42 Å². The van der Waals surface area contributed by atoms with Crippen LogP contribution in [0, 0.1) is 0 Å². The van der Waals surface area contributed by atoms with Gasteiger partial charge < -0.3 is 0 Å². The molecule has 0 radical (unpaired) electrons. The molecule has 6 heteroatoms. The average molecular weight is 341 g/mol. The van der Waals surface area contributed by atoms with Gasteiger partial charge in [-0.05, 0) is 44.5 Å². The number of sulfonamides is 1. The Bertz CT molecular complexity index is 459. The first-order chi connectivity index (χ1) is 7.81. The van der Waals surface area contributed by atoms with Crippen molar-refractivity contribution in [3.05, 3.63) is 28.7 Å². The highest BCUT2D eigenvalue weighted by Crippen LogP contribution is 2.15. The number of hydrogen-bond donors (Lipinski definition) is 1. The maximum absolute atomic E-state index is 12.0. The lowest BCUT2D eigenvalue weighted by molar-refractivity contribution is 0.545. The standard InChI is InChI=1S/C11H15BrClNO2S/c1-8(13)7-9(2)14-17(15,16)11-5-3-10(12)4-6-11/h3-6,8-9,14H,7H2,1-2H3. The Kier molecular flexibility index (Phi) is 5.44. The van der Waals surface area contributed by atoms with Gasteiger partial charge in [0, 0.05) is 15.9 Å². The highest BCUT2D eigenvalue weighted by molar-refractivity contribution is 9.10. The van der Waals surface area contributed by atoms with E-state index in [-0.39, 0.29) is 16.3 Å². The van der Waals surface area contributed by atoms with Gasteiger partial charge in [0.05, 0.1) is 4.90 Å². The number of rotatable bonds is 5. The maximum Gasteiger partial charge on any atom is 0.240 e. The third-order valence-electron chi connectivity index (χ3n) is 2.16. The molecule has 0 fully saturated rings. The summed E-state index contributed by atoms with van der Waals surface area (Å²) in [5.74, 6) is 0. The summed E-state index contributed by atoms with van der Waals surface area (Å²) in [5.41, 5.74) is 0. The van der Waals surface area contributed by atoms with Gasteiger partial charge in [0.2, 0.25) is 10.0 Å². The zero-order valence-corrected chi connectivity index (χ0v) is 12.8. The first-order valence-electron chi connectivity index (χ1n) is 5.23. The monoisotopic (exact) mass is 339 g/mol. The van der Waals surface area contributed by atoms with E-state index in [4.69, 9.17) is 11.6 Å². The molecule has 0 saturated heterocycles. The predicted molar refractivity (Wildman–Crippen MR) is 73.9 cm³/mol. The normalized spacial score (nSPS) is 15.5. The second-order valence-corrected chi connectivity index (χ2v) is 7.37. The van der Waals surface area contributed by atoms with E-state index >= 15 is 0 Å². The van der Waals surface area contributed by atoms with Crippen LogP contribution in [0.2, 0.25) is 0 Å². The van der Waals surface area contributed by atoms with Crippen molar-refractivity contribution in [3.8, 4) is 0 Å². The molecule has 2 atom stereocenters. The molecule has 2 unspecified atom stereocenters. The molecule has 3 nitrogen and oxygen atoms in total. The summed E-state index contributed by atoms with van der Waals surface area (Å²) >= 11 is 9.09. The van der Waals surface area contributed by atoms with Crippen LogP contribution in [0.1, 0.15) is 20.3 Å². The molecule has 0 amide bonds. The molecule has 0 bridgehead atoms. The first kappa shape index (κ1) is 15.0. The van der Waals surface area contributed by atoms with Crippen LogP contribution < -0.4 is 4.72 Å². The van der Waals surface area contributed by atoms with Gasteiger partial charge >= 0.3 is 0 Å². The second-order valence-electron chi connectivity index (χ2n) is 3.99. The Morgan fingerprint density at radius 3 is 2.29 bits per heavy atom. The van der Waals surface area contributed by atoms with Gasteiger partial charge in [-0.25, -0.2) is 13.1 Å². The van der Waals surface area contributed by atoms with Gasteiger partial charge in [-0.1, -0.05) is 15.9 Å². The van der Waals surface area contributed by atoms with Crippen LogP contribution in [0.25, 0.3) is 0 Å². The van der Waals surface area contributed by atoms with E-state index in [0.717, 1.165) is 4.47 Å². The molecule has 1 N–H and O–H groups in total. The molecule has 1 rings (SSSR count). The predicted octanol–water partition coefficient (Wildman–Crippen LogP) is 3.13. The zero-order valence-electron chi connectivity index (χ0n) is 9.65. The number of benzene rings is 1. The maximum atomic E-state index is 12.0. The lowest BCUT2D eigenvalue weighted by Gasteiger charge is -2.15. The van der Waals surface area contributed by atoms with Crippen molar-refractivity contribution in [1.82, 2.24) is 4.72 Å². The van der Waals surface area contributed by atoms with Gasteiger partial charge in [-0.2, -0.15) is 0 Å². The van der Waals surface area contributed by atoms with Gasteiger partial charge in [-0.3, -0.25) is 0 Å². The third-order valence-corrected chi connectivity index (χ3v) is 4.47. The van der Waals surface area contributed by atoms with Crippen LogP contribution in [0.5, 0.6) is 0 Å². The minimum Gasteiger partial charge on any atom is -0.208 e. The van der Waals surface area contributed by atoms with Crippen molar-refractivity contribution >= 4 is 37.6 Å². The Morgan fingerprint density at radius 1 is 1.29 bits per heavy atom. The molecule has 0 heterocycles. The third kappa shape index (κ3) is 4.95. The van der Waals surface area contributed by atoms with E-state index < -0.39 is 10.0 Å². The minimum absolute atomic E-state index is 0.0578. The highest BCUT2D eigenvalue weighted by Gasteiger charge is 2.17. The lowest BCUT2D eigenvalue weighted by Crippen LogP contribution is -2.33. The van der Waals surface area contributed by atoms with Crippen LogP contribution in [0.15, 0.2) is 33.6 Å². The molecular formula is C11H15BrClNO2S. The highest BCUT2D eigenvalue weighted by atomic mass is 79.9. The minimum atomic E-state index is -3.45. The molecule has 17 heavy (non-hydrogen) atoms. The number of hydrogen-bond acceptors (Lipinski definition) is 2. The summed E-state index contributed by atoms with van der Waals surface area (Å²) in [6.07, 6.45) is 0.595. The number of nitrogens with one attached hydrogen (secondary N) is 1. The summed E-state index contributed by atoms with van der Waals surface area (Å²) in [4.78, 5) is 0.259. The fourth-order valence-electron chi connectivity index (χ4n) is 1.48. The van der Waals surface area contributed by atoms with E-state index in [1.807, 2.05) is 6.92 Å². The lowest BCUT2D eigenvalue weighted by atomic mass is 10.2. The fraction of sp³-hybridized carbons (Fsp3) is 0.455. The van der Waals surface area contributed by atoms with Gasteiger partial charge in [0.1, 0.15) is 0 Å². The Hall–Kier alpha value is -0.100. The Morgan fingerprint density at radius 2 is 1.82 bits per heavy atom. The van der Waals surface area contributed by atoms with E-state index in [1.54, 1.807) is 31.2 Å². The van der Waals surface area contributed by atoms with Crippen LogP contribution in [0.4, 0.5) is 0 Å². The van der Waals surface area contributed by atoms with Crippen LogP contribution >= 0.6 is 27.5 Å². The number of alkyl halides is 1. The van der Waals surface area contributed by atoms with Gasteiger partial charge in [0.15, 0.2) is 0 Å². The van der Waals surface area contributed by atoms with E-state index in [1.165, 1.54) is 0 Å². The smallest absolute Gasteiger partial charge is 0.208 e. The van der Waals surface area contributed by atoms with E-state index in [2.05, 4.69) is 20.7 Å². The number of halogens is 2. The topological polar surface area (TPSA) is 46.2 Å². The van der Waals surface area contributed by atoms with Gasteiger partial charge in [-0.15, -0.1) is 11.6 Å². The molecule has 0 aliphatic carbocycles. The van der Waals surface area contributed by atoms with Crippen molar-refractivity contribution in [2.24, 2.45) is 0 Å². The second kappa shape index (κ2) is 6.18. The molecule has 96 valence electrons. The molecular weight excluding hydrogens is 326 g/mol. The van der Waals surface area contributed by atoms with Crippen molar-refractivity contribution in [2.75, 3.05) is 0 Å². The van der Waals surface area contributed by atoms with E-state index in [0.29, 0.717) is 6.42 Å². The Labute approximate surface area is 116 Å². The fourth-order valence-corrected chi connectivity index (χ4v) is 3.27. The van der Waals surface area contributed by atoms with Crippen LogP contribution in [-0.4, -0.2) is 19.8 Å². The molecule has 1 aromatic carbocycles. The quantitative estimate of drug-likeness (QED) is 0.837. The first-order valence-corrected chi connectivity index (χ1v) is 7.94. The summed E-state index contributed by atoms with van der Waals surface area (Å²) < 4.78 is 27.4.